The average Bonchev–Trinajstić information content (AvgIpc) is 2.85. The molecule has 0 saturated carbocycles. The van der Waals surface area contributed by atoms with E-state index in [4.69, 9.17) is 17.3 Å². The number of hydrogen-bond donors (Lipinski definition) is 1. The average molecular weight is 401 g/mol. The predicted octanol–water partition coefficient (Wildman–Crippen LogP) is 4.88. The van der Waals surface area contributed by atoms with Crippen LogP contribution in [-0.2, 0) is 5.41 Å². The van der Waals surface area contributed by atoms with Crippen LogP contribution in [-0.4, -0.2) is 31.6 Å². The van der Waals surface area contributed by atoms with Crippen LogP contribution < -0.4 is 10.6 Å². The van der Waals surface area contributed by atoms with Gasteiger partial charge in [0.05, 0.1) is 11.4 Å². The van der Waals surface area contributed by atoms with Gasteiger partial charge in [-0.2, -0.15) is 0 Å². The highest BCUT2D eigenvalue weighted by atomic mass is 35.5. The molecular formula is C19H24Cl3N3. The molecule has 2 aliphatic heterocycles. The zero-order valence-corrected chi connectivity index (χ0v) is 16.6. The highest BCUT2D eigenvalue weighted by Crippen LogP contribution is 2.51. The van der Waals surface area contributed by atoms with Crippen LogP contribution in [0.1, 0.15) is 18.4 Å². The molecule has 1 saturated heterocycles. The standard InChI is InChI=1S/C19H22ClN3.2ClH/c1-22-10-8-19(9-11-22)13-23(17-5-3-2-4-16(17)21)18-12-14(20)6-7-15(18)19;;/h2-7,12H,8-11,13,21H2,1H3;2*1H. The van der Waals surface area contributed by atoms with Gasteiger partial charge in [-0.3, -0.25) is 0 Å². The van der Waals surface area contributed by atoms with E-state index in [1.54, 1.807) is 0 Å². The number of benzene rings is 2. The zero-order chi connectivity index (χ0) is 16.0. The number of likely N-dealkylation sites (tertiary alicyclic amines) is 1. The van der Waals surface area contributed by atoms with Gasteiger partial charge in [-0.15, -0.1) is 24.8 Å². The van der Waals surface area contributed by atoms with Gasteiger partial charge in [-0.05, 0) is 62.8 Å². The van der Waals surface area contributed by atoms with Crippen molar-refractivity contribution < 1.29 is 0 Å². The van der Waals surface area contributed by atoms with Gasteiger partial charge in [0.2, 0.25) is 0 Å². The molecule has 2 aromatic carbocycles. The summed E-state index contributed by atoms with van der Waals surface area (Å²) in [4.78, 5) is 4.78. The molecule has 2 aromatic rings. The topological polar surface area (TPSA) is 32.5 Å². The van der Waals surface area contributed by atoms with Crippen LogP contribution in [0.4, 0.5) is 17.1 Å². The fourth-order valence-electron chi connectivity index (χ4n) is 4.07. The van der Waals surface area contributed by atoms with Crippen molar-refractivity contribution >= 4 is 53.5 Å². The van der Waals surface area contributed by atoms with Crippen molar-refractivity contribution in [1.29, 1.82) is 0 Å². The Bertz CT molecular complexity index is 742. The molecule has 0 radical (unpaired) electrons. The lowest BCUT2D eigenvalue weighted by Gasteiger charge is -2.38. The van der Waals surface area contributed by atoms with Gasteiger partial charge >= 0.3 is 0 Å². The van der Waals surface area contributed by atoms with Crippen LogP contribution in [0.2, 0.25) is 5.02 Å². The van der Waals surface area contributed by atoms with Crippen molar-refractivity contribution in [2.45, 2.75) is 18.3 Å². The Labute approximate surface area is 167 Å². The smallest absolute Gasteiger partial charge is 0.0644 e. The van der Waals surface area contributed by atoms with Crippen molar-refractivity contribution in [2.24, 2.45) is 0 Å². The SMILES string of the molecule is CN1CCC2(CC1)CN(c1ccccc1N)c1cc(Cl)ccc12.Cl.Cl. The molecule has 2 aliphatic rings. The first-order valence-corrected chi connectivity index (χ1v) is 8.57. The van der Waals surface area contributed by atoms with Gasteiger partial charge in [-0.25, -0.2) is 0 Å². The van der Waals surface area contributed by atoms with E-state index in [2.05, 4.69) is 41.1 Å². The van der Waals surface area contributed by atoms with Gasteiger partial charge < -0.3 is 15.5 Å². The van der Waals surface area contributed by atoms with Crippen molar-refractivity contribution in [2.75, 3.05) is 37.3 Å². The molecule has 0 bridgehead atoms. The van der Waals surface area contributed by atoms with Crippen LogP contribution in [0.15, 0.2) is 42.5 Å². The summed E-state index contributed by atoms with van der Waals surface area (Å²) in [6.45, 7) is 3.27. The second-order valence-electron chi connectivity index (χ2n) is 6.89. The molecule has 25 heavy (non-hydrogen) atoms. The number of nitrogens with two attached hydrogens (primary N) is 1. The molecule has 2 heterocycles. The number of anilines is 3. The lowest BCUT2D eigenvalue weighted by atomic mass is 9.74. The maximum Gasteiger partial charge on any atom is 0.0644 e. The molecule has 0 atom stereocenters. The minimum Gasteiger partial charge on any atom is -0.397 e. The molecule has 0 aromatic heterocycles. The summed E-state index contributed by atoms with van der Waals surface area (Å²) in [6.07, 6.45) is 2.36. The van der Waals surface area contributed by atoms with E-state index in [1.807, 2.05) is 18.2 Å². The predicted molar refractivity (Wildman–Crippen MR) is 112 cm³/mol. The Hall–Kier alpha value is -1.13. The van der Waals surface area contributed by atoms with Gasteiger partial charge in [0.15, 0.2) is 0 Å². The van der Waals surface area contributed by atoms with E-state index >= 15 is 0 Å². The third kappa shape index (κ3) is 3.43. The third-order valence-corrected chi connectivity index (χ3v) is 5.69. The monoisotopic (exact) mass is 399 g/mol. The minimum atomic E-state index is 0. The largest absolute Gasteiger partial charge is 0.397 e. The number of nitrogens with zero attached hydrogens (tertiary/aromatic N) is 2. The summed E-state index contributed by atoms with van der Waals surface area (Å²) in [5.74, 6) is 0. The van der Waals surface area contributed by atoms with E-state index in [0.717, 1.165) is 36.0 Å². The maximum absolute atomic E-state index is 6.30. The molecule has 0 amide bonds. The molecular weight excluding hydrogens is 377 g/mol. The number of halogens is 3. The van der Waals surface area contributed by atoms with Crippen LogP contribution in [0.25, 0.3) is 0 Å². The van der Waals surface area contributed by atoms with E-state index in [9.17, 15) is 0 Å². The molecule has 4 rings (SSSR count). The Morgan fingerprint density at radius 3 is 2.36 bits per heavy atom. The van der Waals surface area contributed by atoms with Crippen LogP contribution >= 0.6 is 36.4 Å². The maximum atomic E-state index is 6.30. The minimum absolute atomic E-state index is 0. The van der Waals surface area contributed by atoms with E-state index < -0.39 is 0 Å². The molecule has 0 aliphatic carbocycles. The fraction of sp³-hybridized carbons (Fsp3) is 0.368. The summed E-state index contributed by atoms with van der Waals surface area (Å²) in [5, 5.41) is 0.785. The van der Waals surface area contributed by atoms with Gasteiger partial charge in [-0.1, -0.05) is 29.8 Å². The number of piperidine rings is 1. The van der Waals surface area contributed by atoms with Crippen LogP contribution in [0.3, 0.4) is 0 Å². The normalized spacial score (nSPS) is 18.4. The molecule has 2 N–H and O–H groups in total. The molecule has 1 spiro atoms. The summed E-state index contributed by atoms with van der Waals surface area (Å²) >= 11 is 6.30. The van der Waals surface area contributed by atoms with Gasteiger partial charge in [0.1, 0.15) is 0 Å². The Morgan fingerprint density at radius 2 is 1.68 bits per heavy atom. The quantitative estimate of drug-likeness (QED) is 0.692. The van der Waals surface area contributed by atoms with Crippen LogP contribution in [0, 0.1) is 0 Å². The lowest BCUT2D eigenvalue weighted by Crippen LogP contribution is -2.43. The Balaban J connectivity index is 0.00000113. The Morgan fingerprint density at radius 1 is 1.00 bits per heavy atom. The highest BCUT2D eigenvalue weighted by molar-refractivity contribution is 6.31. The van der Waals surface area contributed by atoms with E-state index in [0.29, 0.717) is 0 Å². The Kier molecular flexibility index (Phi) is 6.16. The first kappa shape index (κ1) is 20.2. The molecule has 136 valence electrons. The first-order valence-electron chi connectivity index (χ1n) is 8.20. The van der Waals surface area contributed by atoms with Gasteiger partial charge in [0, 0.05) is 22.7 Å². The number of hydrogen-bond acceptors (Lipinski definition) is 3. The summed E-state index contributed by atoms with van der Waals surface area (Å²) < 4.78 is 0. The molecule has 0 unspecified atom stereocenters. The van der Waals surface area contributed by atoms with Crippen molar-refractivity contribution in [3.8, 4) is 0 Å². The van der Waals surface area contributed by atoms with Crippen molar-refractivity contribution in [1.82, 2.24) is 4.90 Å². The molecule has 6 heteroatoms. The van der Waals surface area contributed by atoms with E-state index in [-0.39, 0.29) is 30.2 Å². The van der Waals surface area contributed by atoms with Crippen molar-refractivity contribution in [3.63, 3.8) is 0 Å². The number of nitrogen functional groups attached to an aromatic ring is 1. The molecule has 1 fully saturated rings. The second-order valence-corrected chi connectivity index (χ2v) is 7.33. The number of para-hydroxylation sites is 2. The highest BCUT2D eigenvalue weighted by Gasteiger charge is 2.44. The fourth-order valence-corrected chi connectivity index (χ4v) is 4.24. The summed E-state index contributed by atoms with van der Waals surface area (Å²) in [6, 6.07) is 14.5. The first-order chi connectivity index (χ1) is 11.1. The van der Waals surface area contributed by atoms with E-state index in [1.165, 1.54) is 24.1 Å². The second kappa shape index (κ2) is 7.63. The van der Waals surface area contributed by atoms with Gasteiger partial charge in [0.25, 0.3) is 0 Å². The third-order valence-electron chi connectivity index (χ3n) is 5.45. The zero-order valence-electron chi connectivity index (χ0n) is 14.2. The van der Waals surface area contributed by atoms with Crippen molar-refractivity contribution in [3.05, 3.63) is 53.1 Å². The van der Waals surface area contributed by atoms with Crippen LogP contribution in [0.5, 0.6) is 0 Å². The number of fused-ring (bicyclic) bond motifs is 2. The summed E-state index contributed by atoms with van der Waals surface area (Å²) in [7, 11) is 2.21. The lowest BCUT2D eigenvalue weighted by molar-refractivity contribution is 0.198. The number of rotatable bonds is 1. The summed E-state index contributed by atoms with van der Waals surface area (Å²) in [5.41, 5.74) is 11.0. The molecule has 3 nitrogen and oxygen atoms in total.